The molecule has 0 aliphatic rings. The monoisotopic (exact) mass is 353 g/mol. The van der Waals surface area contributed by atoms with E-state index in [4.69, 9.17) is 17.3 Å². The minimum Gasteiger partial charge on any atom is -0.350 e. The molecule has 4 N–H and O–H groups in total. The molecular formula is C18H28ClN3O2. The Morgan fingerprint density at radius 2 is 1.79 bits per heavy atom. The number of hydrogen-bond acceptors (Lipinski definition) is 3. The average molecular weight is 354 g/mol. The maximum absolute atomic E-state index is 12.5. The van der Waals surface area contributed by atoms with Gasteiger partial charge < -0.3 is 16.4 Å². The van der Waals surface area contributed by atoms with Crippen molar-refractivity contribution in [2.45, 2.75) is 52.1 Å². The summed E-state index contributed by atoms with van der Waals surface area (Å²) in [5.41, 5.74) is 6.20. The van der Waals surface area contributed by atoms with Gasteiger partial charge in [0.2, 0.25) is 5.91 Å². The van der Waals surface area contributed by atoms with Crippen molar-refractivity contribution in [2.24, 2.45) is 11.7 Å². The second-order valence-corrected chi connectivity index (χ2v) is 6.72. The molecule has 1 aromatic carbocycles. The summed E-state index contributed by atoms with van der Waals surface area (Å²) < 4.78 is 0. The third-order valence-corrected chi connectivity index (χ3v) is 4.13. The van der Waals surface area contributed by atoms with E-state index in [0.29, 0.717) is 17.1 Å². The van der Waals surface area contributed by atoms with Crippen LogP contribution in [0.2, 0.25) is 5.02 Å². The predicted molar refractivity (Wildman–Crippen MR) is 98.1 cm³/mol. The van der Waals surface area contributed by atoms with E-state index in [0.717, 1.165) is 19.3 Å². The smallest absolute Gasteiger partial charge is 0.251 e. The highest BCUT2D eigenvalue weighted by Crippen LogP contribution is 2.11. The van der Waals surface area contributed by atoms with E-state index in [1.54, 1.807) is 24.3 Å². The lowest BCUT2D eigenvalue weighted by Crippen LogP contribution is -2.53. The van der Waals surface area contributed by atoms with Gasteiger partial charge >= 0.3 is 0 Å². The molecule has 0 radical (unpaired) electrons. The number of rotatable bonds is 9. The minimum absolute atomic E-state index is 0.0363. The number of halogens is 1. The van der Waals surface area contributed by atoms with Crippen LogP contribution in [0.1, 0.15) is 50.4 Å². The first-order chi connectivity index (χ1) is 11.4. The highest BCUT2D eigenvalue weighted by atomic mass is 35.5. The van der Waals surface area contributed by atoms with Gasteiger partial charge in [0.25, 0.3) is 5.91 Å². The molecule has 134 valence electrons. The molecule has 0 aliphatic carbocycles. The standard InChI is InChI=1S/C18H28ClN3O2/c1-4-5-6-15(11-20)21-18(24)16(12(2)3)22-17(23)13-7-9-14(19)10-8-13/h7-10,12,15-16H,4-6,11,20H2,1-3H3,(H,21,24)(H,22,23). The topological polar surface area (TPSA) is 84.2 Å². The summed E-state index contributed by atoms with van der Waals surface area (Å²) >= 11 is 5.83. The average Bonchev–Trinajstić information content (AvgIpc) is 2.56. The second kappa shape index (κ2) is 10.3. The lowest BCUT2D eigenvalue weighted by molar-refractivity contribution is -0.124. The zero-order chi connectivity index (χ0) is 18.1. The normalized spacial score (nSPS) is 13.4. The molecule has 24 heavy (non-hydrogen) atoms. The maximum atomic E-state index is 12.5. The van der Waals surface area contributed by atoms with Crippen LogP contribution < -0.4 is 16.4 Å². The fraction of sp³-hybridized carbons (Fsp3) is 0.556. The Balaban J connectivity index is 2.73. The summed E-state index contributed by atoms with van der Waals surface area (Å²) in [6.45, 7) is 6.28. The van der Waals surface area contributed by atoms with Crippen LogP contribution in [0, 0.1) is 5.92 Å². The number of nitrogens with two attached hydrogens (primary N) is 1. The van der Waals surface area contributed by atoms with Crippen LogP contribution in [0.4, 0.5) is 0 Å². The summed E-state index contributed by atoms with van der Waals surface area (Å²) in [5, 5.41) is 6.31. The highest BCUT2D eigenvalue weighted by Gasteiger charge is 2.26. The fourth-order valence-electron chi connectivity index (χ4n) is 2.35. The Hall–Kier alpha value is -1.59. The largest absolute Gasteiger partial charge is 0.350 e. The Kier molecular flexibility index (Phi) is 8.79. The Labute approximate surface area is 149 Å². The molecular weight excluding hydrogens is 326 g/mol. The molecule has 0 aromatic heterocycles. The van der Waals surface area contributed by atoms with E-state index in [-0.39, 0.29) is 23.8 Å². The molecule has 0 spiro atoms. The summed E-state index contributed by atoms with van der Waals surface area (Å²) in [6.07, 6.45) is 2.90. The van der Waals surface area contributed by atoms with E-state index in [1.807, 2.05) is 13.8 Å². The van der Waals surface area contributed by atoms with Gasteiger partial charge in [-0.15, -0.1) is 0 Å². The van der Waals surface area contributed by atoms with Crippen molar-refractivity contribution in [1.82, 2.24) is 10.6 Å². The number of carbonyl (C=O) groups excluding carboxylic acids is 2. The molecule has 5 nitrogen and oxygen atoms in total. The van der Waals surface area contributed by atoms with Gasteiger partial charge in [-0.3, -0.25) is 9.59 Å². The fourth-order valence-corrected chi connectivity index (χ4v) is 2.48. The molecule has 2 unspecified atom stereocenters. The van der Waals surface area contributed by atoms with E-state index in [1.165, 1.54) is 0 Å². The molecule has 1 aromatic rings. The Bertz CT molecular complexity index is 532. The number of amides is 2. The molecule has 0 saturated heterocycles. The van der Waals surface area contributed by atoms with Crippen LogP contribution in [0.5, 0.6) is 0 Å². The van der Waals surface area contributed by atoms with Gasteiger partial charge in [0.15, 0.2) is 0 Å². The third kappa shape index (κ3) is 6.49. The summed E-state index contributed by atoms with van der Waals surface area (Å²) in [7, 11) is 0. The van der Waals surface area contributed by atoms with Gasteiger partial charge in [-0.25, -0.2) is 0 Å². The quantitative estimate of drug-likeness (QED) is 0.638. The van der Waals surface area contributed by atoms with Crippen molar-refractivity contribution < 1.29 is 9.59 Å². The van der Waals surface area contributed by atoms with Gasteiger partial charge in [0, 0.05) is 23.2 Å². The molecule has 0 aliphatic heterocycles. The predicted octanol–water partition coefficient (Wildman–Crippen LogP) is 2.73. The van der Waals surface area contributed by atoms with Crippen molar-refractivity contribution in [3.63, 3.8) is 0 Å². The number of hydrogen-bond donors (Lipinski definition) is 3. The molecule has 0 heterocycles. The van der Waals surface area contributed by atoms with Crippen LogP contribution in [0.15, 0.2) is 24.3 Å². The molecule has 6 heteroatoms. The minimum atomic E-state index is -0.608. The van der Waals surface area contributed by atoms with Crippen molar-refractivity contribution >= 4 is 23.4 Å². The van der Waals surface area contributed by atoms with Crippen LogP contribution in [-0.2, 0) is 4.79 Å². The lowest BCUT2D eigenvalue weighted by atomic mass is 10.0. The molecule has 0 fully saturated rings. The van der Waals surface area contributed by atoms with Crippen LogP contribution in [-0.4, -0.2) is 30.4 Å². The molecule has 0 saturated carbocycles. The first kappa shape index (κ1) is 20.5. The van der Waals surface area contributed by atoms with Gasteiger partial charge in [-0.1, -0.05) is 45.2 Å². The van der Waals surface area contributed by atoms with Gasteiger partial charge in [-0.2, -0.15) is 0 Å². The van der Waals surface area contributed by atoms with Crippen molar-refractivity contribution in [2.75, 3.05) is 6.54 Å². The van der Waals surface area contributed by atoms with Crippen LogP contribution in [0.3, 0.4) is 0 Å². The van der Waals surface area contributed by atoms with E-state index in [9.17, 15) is 9.59 Å². The molecule has 0 bridgehead atoms. The van der Waals surface area contributed by atoms with Gasteiger partial charge in [0.1, 0.15) is 6.04 Å². The lowest BCUT2D eigenvalue weighted by Gasteiger charge is -2.25. The number of unbranched alkanes of at least 4 members (excludes halogenated alkanes) is 1. The van der Waals surface area contributed by atoms with E-state index < -0.39 is 6.04 Å². The summed E-state index contributed by atoms with van der Waals surface area (Å²) in [4.78, 5) is 24.9. The zero-order valence-corrected chi connectivity index (χ0v) is 15.4. The van der Waals surface area contributed by atoms with Gasteiger partial charge in [-0.05, 0) is 36.6 Å². The van der Waals surface area contributed by atoms with Crippen LogP contribution in [0.25, 0.3) is 0 Å². The Morgan fingerprint density at radius 3 is 2.29 bits per heavy atom. The van der Waals surface area contributed by atoms with E-state index >= 15 is 0 Å². The summed E-state index contributed by atoms with van der Waals surface area (Å²) in [6, 6.07) is 5.90. The molecule has 2 amide bonds. The van der Waals surface area contributed by atoms with Crippen molar-refractivity contribution in [3.8, 4) is 0 Å². The molecule has 1 rings (SSSR count). The third-order valence-electron chi connectivity index (χ3n) is 3.88. The van der Waals surface area contributed by atoms with Crippen LogP contribution >= 0.6 is 11.6 Å². The Morgan fingerprint density at radius 1 is 1.17 bits per heavy atom. The van der Waals surface area contributed by atoms with Gasteiger partial charge in [0.05, 0.1) is 0 Å². The van der Waals surface area contributed by atoms with Crippen molar-refractivity contribution in [3.05, 3.63) is 34.9 Å². The molecule has 2 atom stereocenters. The highest BCUT2D eigenvalue weighted by molar-refractivity contribution is 6.30. The maximum Gasteiger partial charge on any atom is 0.251 e. The van der Waals surface area contributed by atoms with E-state index in [2.05, 4.69) is 17.6 Å². The number of nitrogens with one attached hydrogen (secondary N) is 2. The SMILES string of the molecule is CCCCC(CN)NC(=O)C(NC(=O)c1ccc(Cl)cc1)C(C)C. The number of carbonyl (C=O) groups is 2. The van der Waals surface area contributed by atoms with Crippen molar-refractivity contribution in [1.29, 1.82) is 0 Å². The number of benzene rings is 1. The zero-order valence-electron chi connectivity index (χ0n) is 14.6. The first-order valence-corrected chi connectivity index (χ1v) is 8.83. The summed E-state index contributed by atoms with van der Waals surface area (Å²) in [5.74, 6) is -0.525. The second-order valence-electron chi connectivity index (χ2n) is 6.29. The first-order valence-electron chi connectivity index (χ1n) is 8.45.